The quantitative estimate of drug-likeness (QED) is 0.0359. The SMILES string of the molecule is CCc1cc(Oc2cncc(F)c2)cc(C(=O)Cc2cc(C)c(C)cn2)n1.CCc1cc(Oc2cncc(F)c2)cc(C(=O)Cc2ccc(C(C)(F)F)cn2)n1.CCc1cc(Oc2cncnc2)cc(C(=O)Cc2ccc(C(C)(F)F)cn2)n1.CCc1cc(Oc2cncnc2)cc(C(=O)Cc2cccc(C)n2)n1. The third kappa shape index (κ3) is 24.9. The van der Waals surface area contributed by atoms with E-state index < -0.39 is 23.5 Å². The lowest BCUT2D eigenvalue weighted by atomic mass is 10.1. The van der Waals surface area contributed by atoms with E-state index in [-0.39, 0.29) is 82.8 Å². The monoisotopic (exact) mass is 1480 g/mol. The Morgan fingerprint density at radius 2 is 0.670 bits per heavy atom. The number of hydrogen-bond donors (Lipinski definition) is 0. The fourth-order valence-electron chi connectivity index (χ4n) is 9.96. The minimum Gasteiger partial charge on any atom is -0.455 e. The van der Waals surface area contributed by atoms with Gasteiger partial charge in [0.25, 0.3) is 11.8 Å². The van der Waals surface area contributed by atoms with Crippen molar-refractivity contribution in [3.63, 3.8) is 0 Å². The lowest BCUT2D eigenvalue weighted by Gasteiger charge is -2.11. The van der Waals surface area contributed by atoms with Crippen molar-refractivity contribution in [2.75, 3.05) is 0 Å². The molecule has 109 heavy (non-hydrogen) atoms. The van der Waals surface area contributed by atoms with Crippen molar-refractivity contribution < 1.29 is 64.5 Å². The molecule has 0 atom stereocenters. The van der Waals surface area contributed by atoms with E-state index in [2.05, 4.69) is 69.8 Å². The van der Waals surface area contributed by atoms with Crippen molar-refractivity contribution in [3.8, 4) is 46.0 Å². The van der Waals surface area contributed by atoms with Gasteiger partial charge in [-0.05, 0) is 100 Å². The number of alkyl halides is 4. The van der Waals surface area contributed by atoms with Crippen molar-refractivity contribution in [1.29, 1.82) is 0 Å². The molecule has 0 unspecified atom stereocenters. The van der Waals surface area contributed by atoms with Crippen LogP contribution in [0.2, 0.25) is 0 Å². The number of nitrogens with zero attached hydrogens (tertiary/aromatic N) is 14. The molecule has 0 aromatic carbocycles. The number of pyridine rings is 10. The number of ether oxygens (including phenoxy) is 4. The molecule has 0 amide bonds. The average molecular weight is 1490 g/mol. The summed E-state index contributed by atoms with van der Waals surface area (Å²) in [6, 6.07) is 28.4. The number of halogens is 6. The number of carbonyl (C=O) groups is 4. The molecule has 0 spiro atoms. The normalized spacial score (nSPS) is 11.0. The van der Waals surface area contributed by atoms with Gasteiger partial charge in [0.15, 0.2) is 34.6 Å². The van der Waals surface area contributed by atoms with Gasteiger partial charge in [-0.3, -0.25) is 49.1 Å². The Bertz CT molecular complexity index is 5120. The Hall–Kier alpha value is -12.9. The van der Waals surface area contributed by atoms with E-state index in [0.29, 0.717) is 106 Å². The maximum Gasteiger partial charge on any atom is 0.272 e. The van der Waals surface area contributed by atoms with Crippen LogP contribution in [0.3, 0.4) is 0 Å². The highest BCUT2D eigenvalue weighted by Gasteiger charge is 2.27. The van der Waals surface area contributed by atoms with Crippen LogP contribution in [0.15, 0.2) is 190 Å². The van der Waals surface area contributed by atoms with Gasteiger partial charge in [-0.15, -0.1) is 0 Å². The molecule has 0 aliphatic rings. The first kappa shape index (κ1) is 80.2. The van der Waals surface area contributed by atoms with Gasteiger partial charge in [0.2, 0.25) is 0 Å². The second-order valence-corrected chi connectivity index (χ2v) is 24.6. The minimum atomic E-state index is -3.00. The van der Waals surface area contributed by atoms with Gasteiger partial charge < -0.3 is 18.9 Å². The highest BCUT2D eigenvalue weighted by Crippen LogP contribution is 2.31. The number of rotatable bonds is 26. The van der Waals surface area contributed by atoms with Crippen molar-refractivity contribution in [2.45, 2.75) is 126 Å². The number of hydrogen-bond acceptors (Lipinski definition) is 22. The second-order valence-electron chi connectivity index (χ2n) is 24.6. The van der Waals surface area contributed by atoms with Crippen molar-refractivity contribution >= 4 is 23.1 Å². The van der Waals surface area contributed by atoms with Gasteiger partial charge in [-0.25, -0.2) is 66.2 Å². The van der Waals surface area contributed by atoms with Gasteiger partial charge in [0.05, 0.1) is 75.3 Å². The number of aromatic nitrogens is 14. The number of ketones is 4. The maximum atomic E-state index is 13.3. The van der Waals surface area contributed by atoms with E-state index in [1.165, 1.54) is 86.0 Å². The highest BCUT2D eigenvalue weighted by molar-refractivity contribution is 5.97. The number of aryl methyl sites for hydroxylation is 7. The largest absolute Gasteiger partial charge is 0.455 e. The van der Waals surface area contributed by atoms with E-state index in [4.69, 9.17) is 18.9 Å². The molecule has 28 heteroatoms. The Balaban J connectivity index is 0.000000168. The summed E-state index contributed by atoms with van der Waals surface area (Å²) in [5.74, 6) is -4.75. The molecule has 12 aromatic rings. The topological polar surface area (TPSA) is 286 Å². The Morgan fingerprint density at radius 3 is 0.991 bits per heavy atom. The lowest BCUT2D eigenvalue weighted by Crippen LogP contribution is -2.11. The van der Waals surface area contributed by atoms with Crippen LogP contribution < -0.4 is 18.9 Å². The first-order valence-corrected chi connectivity index (χ1v) is 34.3. The number of Topliss-reactive ketones (excluding diaryl/α,β-unsaturated/α-hetero) is 4. The van der Waals surface area contributed by atoms with Crippen LogP contribution in [0.4, 0.5) is 26.3 Å². The van der Waals surface area contributed by atoms with Crippen molar-refractivity contribution in [3.05, 3.63) is 298 Å². The molecular formula is C81H74F6N14O8. The van der Waals surface area contributed by atoms with Crippen LogP contribution in [-0.4, -0.2) is 92.9 Å². The lowest BCUT2D eigenvalue weighted by molar-refractivity contribution is 0.0164. The van der Waals surface area contributed by atoms with Gasteiger partial charge in [0, 0.05) is 155 Å². The molecule has 0 saturated carbocycles. The van der Waals surface area contributed by atoms with Gasteiger partial charge >= 0.3 is 0 Å². The third-order valence-corrected chi connectivity index (χ3v) is 15.8. The van der Waals surface area contributed by atoms with Gasteiger partial charge in [0.1, 0.15) is 81.6 Å². The molecule has 0 radical (unpaired) electrons. The summed E-state index contributed by atoms with van der Waals surface area (Å²) in [5, 5.41) is 0. The summed E-state index contributed by atoms with van der Waals surface area (Å²) < 4.78 is 102. The highest BCUT2D eigenvalue weighted by atomic mass is 19.3. The molecule has 0 N–H and O–H groups in total. The zero-order chi connectivity index (χ0) is 78.2. The molecule has 558 valence electrons. The standard InChI is InChI=1S/C21H18F3N3O2.C21H20FN3O2.C20H18F2N4O2.C19H18N4O2/c1-3-15-7-17(29-18-6-14(22)11-25-12-18)9-19(27-15)20(28)8-16-5-4-13(10-26-16)21(2,23)24;1-4-16-7-18(27-19-6-15(22)11-23-12-19)9-20(25-16)21(26)8-17-5-13(2)14(3)10-24-17;1-3-14-6-16(28-17-10-23-12-24-11-17)8-18(26-14)19(27)7-15-5-4-13(9-25-15)20(2,21)22;1-3-14-7-16(25-17-10-20-12-21-11-17)9-18(23-14)19(24)8-15-6-4-5-13(2)22-15/h4-7,9-12H,3,8H2,1-2H3;5-7,9-12H,4,8H2,1-3H3;4-6,8-12H,3,7H2,1-2H3;4-7,9-12H,3,8H2,1-2H3. The summed E-state index contributed by atoms with van der Waals surface area (Å²) >= 11 is 0. The number of carbonyl (C=O) groups excluding carboxylic acids is 4. The van der Waals surface area contributed by atoms with Crippen LogP contribution >= 0.6 is 0 Å². The van der Waals surface area contributed by atoms with E-state index in [1.54, 1.807) is 48.9 Å². The maximum absolute atomic E-state index is 13.3. The molecule has 0 saturated heterocycles. The Morgan fingerprint density at radius 1 is 0.330 bits per heavy atom. The fraction of sp³-hybridized carbons (Fsp3) is 0.235. The molecular weight excluding hydrogens is 1410 g/mol. The van der Waals surface area contributed by atoms with E-state index in [0.717, 1.165) is 66.8 Å². The predicted molar refractivity (Wildman–Crippen MR) is 390 cm³/mol. The smallest absolute Gasteiger partial charge is 0.272 e. The van der Waals surface area contributed by atoms with Crippen molar-refractivity contribution in [2.24, 2.45) is 0 Å². The van der Waals surface area contributed by atoms with Gasteiger partial charge in [-0.1, -0.05) is 33.8 Å². The predicted octanol–water partition coefficient (Wildman–Crippen LogP) is 16.8. The molecule has 0 bridgehead atoms. The molecule has 12 rings (SSSR count). The summed E-state index contributed by atoms with van der Waals surface area (Å²) in [5.41, 5.74) is 8.64. The summed E-state index contributed by atoms with van der Waals surface area (Å²) in [4.78, 5) is 108. The van der Waals surface area contributed by atoms with E-state index in [9.17, 15) is 45.5 Å². The van der Waals surface area contributed by atoms with Crippen molar-refractivity contribution in [1.82, 2.24) is 69.8 Å². The fourth-order valence-corrected chi connectivity index (χ4v) is 9.96. The van der Waals surface area contributed by atoms with E-state index in [1.807, 2.05) is 78.8 Å². The Labute approximate surface area is 624 Å². The van der Waals surface area contributed by atoms with Crippen LogP contribution in [0, 0.1) is 32.4 Å². The summed E-state index contributed by atoms with van der Waals surface area (Å²) in [6.45, 7) is 15.2. The molecule has 0 aliphatic carbocycles. The average Bonchev–Trinajstić information content (AvgIpc) is 0.845. The van der Waals surface area contributed by atoms with E-state index >= 15 is 0 Å². The molecule has 0 aliphatic heterocycles. The summed E-state index contributed by atoms with van der Waals surface area (Å²) in [6.07, 6.45) is 20.5. The summed E-state index contributed by atoms with van der Waals surface area (Å²) in [7, 11) is 0. The molecule has 22 nitrogen and oxygen atoms in total. The zero-order valence-corrected chi connectivity index (χ0v) is 60.8. The first-order valence-electron chi connectivity index (χ1n) is 34.3. The van der Waals surface area contributed by atoms with Gasteiger partial charge in [-0.2, -0.15) is 0 Å². The Kier molecular flexibility index (Phi) is 27.9. The third-order valence-electron chi connectivity index (χ3n) is 15.8. The van der Waals surface area contributed by atoms with Crippen LogP contribution in [0.5, 0.6) is 46.0 Å². The zero-order valence-electron chi connectivity index (χ0n) is 60.8. The van der Waals surface area contributed by atoms with Crippen LogP contribution in [0.25, 0.3) is 0 Å². The molecule has 0 fully saturated rings. The molecule has 12 heterocycles. The minimum absolute atomic E-state index is 0.0520. The first-order chi connectivity index (χ1) is 52.2. The van der Waals surface area contributed by atoms with Crippen LogP contribution in [-0.2, 0) is 63.2 Å². The molecule has 12 aromatic heterocycles. The second kappa shape index (κ2) is 37.9. The van der Waals surface area contributed by atoms with Crippen LogP contribution in [0.1, 0.15) is 157 Å².